The molecule has 0 spiro atoms. The fourth-order valence-electron chi connectivity index (χ4n) is 2.41. The minimum absolute atomic E-state index is 0.0383. The number of aliphatic hydroxyl groups is 1. The summed E-state index contributed by atoms with van der Waals surface area (Å²) in [6.07, 6.45) is 1.42. The van der Waals surface area contributed by atoms with Gasteiger partial charge in [-0.2, -0.15) is 0 Å². The Labute approximate surface area is 114 Å². The summed E-state index contributed by atoms with van der Waals surface area (Å²) < 4.78 is 0. The number of amides is 1. The second kappa shape index (κ2) is 6.68. The van der Waals surface area contributed by atoms with Crippen molar-refractivity contribution in [2.75, 3.05) is 26.2 Å². The fourth-order valence-corrected chi connectivity index (χ4v) is 2.41. The topological polar surface area (TPSA) is 52.6 Å². The lowest BCUT2D eigenvalue weighted by Gasteiger charge is -2.30. The second-order valence-corrected chi connectivity index (χ2v) is 5.02. The van der Waals surface area contributed by atoms with Gasteiger partial charge in [0, 0.05) is 25.2 Å². The van der Waals surface area contributed by atoms with E-state index in [-0.39, 0.29) is 5.91 Å². The summed E-state index contributed by atoms with van der Waals surface area (Å²) >= 11 is 0. The molecule has 0 fully saturated rings. The molecule has 4 heteroatoms. The molecule has 1 aromatic carbocycles. The summed E-state index contributed by atoms with van der Waals surface area (Å²) in [4.78, 5) is 14.0. The average molecular weight is 262 g/mol. The van der Waals surface area contributed by atoms with Crippen molar-refractivity contribution in [1.29, 1.82) is 0 Å². The molecule has 0 aromatic heterocycles. The number of nitrogens with one attached hydrogen (secondary N) is 1. The van der Waals surface area contributed by atoms with E-state index >= 15 is 0 Å². The number of carbonyl (C=O) groups is 1. The van der Waals surface area contributed by atoms with E-state index in [4.69, 9.17) is 0 Å². The highest BCUT2D eigenvalue weighted by molar-refractivity contribution is 5.96. The molecule has 0 aliphatic carbocycles. The van der Waals surface area contributed by atoms with Crippen LogP contribution in [0.2, 0.25) is 0 Å². The molecule has 19 heavy (non-hydrogen) atoms. The molecule has 0 saturated heterocycles. The molecular formula is C15H22N2O2. The lowest BCUT2D eigenvalue weighted by Crippen LogP contribution is -2.44. The zero-order chi connectivity index (χ0) is 13.7. The van der Waals surface area contributed by atoms with E-state index in [0.717, 1.165) is 30.5 Å². The van der Waals surface area contributed by atoms with Gasteiger partial charge in [0.2, 0.25) is 0 Å². The molecule has 1 atom stereocenters. The Bertz CT molecular complexity index is 434. The van der Waals surface area contributed by atoms with Crippen molar-refractivity contribution in [3.63, 3.8) is 0 Å². The molecule has 104 valence electrons. The quantitative estimate of drug-likeness (QED) is 0.753. The van der Waals surface area contributed by atoms with Crippen LogP contribution in [-0.4, -0.2) is 48.2 Å². The molecule has 1 aliphatic rings. The zero-order valence-electron chi connectivity index (χ0n) is 11.4. The number of carbonyl (C=O) groups excluding carboxylic acids is 1. The first-order valence-electron chi connectivity index (χ1n) is 6.98. The molecular weight excluding hydrogens is 240 g/mol. The van der Waals surface area contributed by atoms with Gasteiger partial charge in [0.1, 0.15) is 0 Å². The summed E-state index contributed by atoms with van der Waals surface area (Å²) in [6.45, 7) is 4.63. The van der Waals surface area contributed by atoms with Gasteiger partial charge in [-0.3, -0.25) is 4.79 Å². The lowest BCUT2D eigenvalue weighted by molar-refractivity contribution is 0.0605. The summed E-state index contributed by atoms with van der Waals surface area (Å²) in [7, 11) is 0. The van der Waals surface area contributed by atoms with Crippen molar-refractivity contribution >= 4 is 5.91 Å². The van der Waals surface area contributed by atoms with Crippen molar-refractivity contribution in [3.8, 4) is 0 Å². The Kier molecular flexibility index (Phi) is 4.93. The number of aliphatic hydroxyl groups excluding tert-OH is 1. The van der Waals surface area contributed by atoms with E-state index in [1.165, 1.54) is 0 Å². The summed E-state index contributed by atoms with van der Waals surface area (Å²) in [5.74, 6) is 0.0383. The fraction of sp³-hybridized carbons (Fsp3) is 0.533. The predicted molar refractivity (Wildman–Crippen MR) is 75.2 cm³/mol. The van der Waals surface area contributed by atoms with Gasteiger partial charge in [0.05, 0.1) is 6.10 Å². The Morgan fingerprint density at radius 3 is 3.00 bits per heavy atom. The number of rotatable bonds is 6. The van der Waals surface area contributed by atoms with Crippen LogP contribution in [0.1, 0.15) is 29.3 Å². The van der Waals surface area contributed by atoms with Gasteiger partial charge in [-0.15, -0.1) is 0 Å². The van der Waals surface area contributed by atoms with Crippen molar-refractivity contribution in [3.05, 3.63) is 35.4 Å². The highest BCUT2D eigenvalue weighted by Gasteiger charge is 2.25. The number of fused-ring (bicyclic) bond motifs is 1. The highest BCUT2D eigenvalue weighted by atomic mass is 16.3. The van der Waals surface area contributed by atoms with E-state index < -0.39 is 6.10 Å². The standard InChI is InChI=1S/C15H22N2O2/c1-2-8-16-10-13(18)11-17-9-7-12-5-3-4-6-14(12)15(17)19/h3-6,13,16,18H,2,7-11H2,1H3. The molecule has 4 nitrogen and oxygen atoms in total. The van der Waals surface area contributed by atoms with Crippen LogP contribution in [0.5, 0.6) is 0 Å². The molecule has 1 amide bonds. The van der Waals surface area contributed by atoms with E-state index in [2.05, 4.69) is 12.2 Å². The third-order valence-corrected chi connectivity index (χ3v) is 3.42. The van der Waals surface area contributed by atoms with Crippen molar-refractivity contribution < 1.29 is 9.90 Å². The monoisotopic (exact) mass is 262 g/mol. The van der Waals surface area contributed by atoms with Crippen molar-refractivity contribution in [1.82, 2.24) is 10.2 Å². The van der Waals surface area contributed by atoms with E-state index in [9.17, 15) is 9.90 Å². The Morgan fingerprint density at radius 1 is 1.42 bits per heavy atom. The molecule has 2 rings (SSSR count). The van der Waals surface area contributed by atoms with Crippen LogP contribution < -0.4 is 5.32 Å². The maximum Gasteiger partial charge on any atom is 0.254 e. The minimum atomic E-state index is -0.499. The van der Waals surface area contributed by atoms with Gasteiger partial charge in [-0.05, 0) is 31.0 Å². The second-order valence-electron chi connectivity index (χ2n) is 5.02. The Balaban J connectivity index is 1.91. The van der Waals surface area contributed by atoms with Crippen LogP contribution in [-0.2, 0) is 6.42 Å². The molecule has 2 N–H and O–H groups in total. The van der Waals surface area contributed by atoms with Gasteiger partial charge in [-0.1, -0.05) is 25.1 Å². The molecule has 1 aromatic rings. The van der Waals surface area contributed by atoms with Crippen molar-refractivity contribution in [2.45, 2.75) is 25.9 Å². The smallest absolute Gasteiger partial charge is 0.254 e. The van der Waals surface area contributed by atoms with Crippen LogP contribution >= 0.6 is 0 Å². The van der Waals surface area contributed by atoms with Crippen LogP contribution in [0.3, 0.4) is 0 Å². The SMILES string of the molecule is CCCNCC(O)CN1CCc2ccccc2C1=O. The third kappa shape index (κ3) is 3.55. The summed E-state index contributed by atoms with van der Waals surface area (Å²) in [5, 5.41) is 13.1. The van der Waals surface area contributed by atoms with Crippen LogP contribution in [0, 0.1) is 0 Å². The number of hydrogen-bond donors (Lipinski definition) is 2. The molecule has 1 unspecified atom stereocenters. The average Bonchev–Trinajstić information content (AvgIpc) is 2.43. The number of hydrogen-bond acceptors (Lipinski definition) is 3. The largest absolute Gasteiger partial charge is 0.390 e. The first kappa shape index (κ1) is 14.0. The number of nitrogens with zero attached hydrogens (tertiary/aromatic N) is 1. The minimum Gasteiger partial charge on any atom is -0.390 e. The maximum atomic E-state index is 12.3. The normalized spacial score (nSPS) is 16.3. The van der Waals surface area contributed by atoms with Gasteiger partial charge < -0.3 is 15.3 Å². The number of β-amino-alcohol motifs (C(OH)–C–C–N with tert-alkyl or cyclic N) is 1. The van der Waals surface area contributed by atoms with Crippen LogP contribution in [0.15, 0.2) is 24.3 Å². The molecule has 0 saturated carbocycles. The summed E-state index contributed by atoms with van der Waals surface area (Å²) in [5.41, 5.74) is 1.89. The third-order valence-electron chi connectivity index (χ3n) is 3.42. The predicted octanol–water partition coefficient (Wildman–Crippen LogP) is 1.05. The Hall–Kier alpha value is -1.39. The Morgan fingerprint density at radius 2 is 2.21 bits per heavy atom. The van der Waals surface area contributed by atoms with Crippen LogP contribution in [0.4, 0.5) is 0 Å². The highest BCUT2D eigenvalue weighted by Crippen LogP contribution is 2.18. The molecule has 1 aliphatic heterocycles. The number of benzene rings is 1. The van der Waals surface area contributed by atoms with Crippen LogP contribution in [0.25, 0.3) is 0 Å². The van der Waals surface area contributed by atoms with E-state index in [0.29, 0.717) is 19.6 Å². The van der Waals surface area contributed by atoms with Gasteiger partial charge in [0.25, 0.3) is 5.91 Å². The summed E-state index contributed by atoms with van der Waals surface area (Å²) in [6, 6.07) is 7.72. The first-order valence-corrected chi connectivity index (χ1v) is 6.98. The first-order chi connectivity index (χ1) is 9.22. The lowest BCUT2D eigenvalue weighted by atomic mass is 9.99. The molecule has 0 radical (unpaired) electrons. The molecule has 1 heterocycles. The molecule has 0 bridgehead atoms. The van der Waals surface area contributed by atoms with Crippen molar-refractivity contribution in [2.24, 2.45) is 0 Å². The van der Waals surface area contributed by atoms with Gasteiger partial charge in [0.15, 0.2) is 0 Å². The van der Waals surface area contributed by atoms with E-state index in [1.54, 1.807) is 4.90 Å². The van der Waals surface area contributed by atoms with E-state index in [1.807, 2.05) is 24.3 Å². The van der Waals surface area contributed by atoms with Gasteiger partial charge >= 0.3 is 0 Å². The maximum absolute atomic E-state index is 12.3. The van der Waals surface area contributed by atoms with Gasteiger partial charge in [-0.25, -0.2) is 0 Å². The zero-order valence-corrected chi connectivity index (χ0v) is 11.4.